The summed E-state index contributed by atoms with van der Waals surface area (Å²) in [7, 11) is 0. The van der Waals surface area contributed by atoms with Gasteiger partial charge >= 0.3 is 5.97 Å². The maximum atomic E-state index is 10.6. The maximum Gasteiger partial charge on any atom is 0.359 e. The summed E-state index contributed by atoms with van der Waals surface area (Å²) >= 11 is 5.59. The molecular weight excluding hydrogens is 220 g/mol. The number of carbonyl (C=O) groups is 1. The van der Waals surface area contributed by atoms with Crippen LogP contribution in [0.4, 0.5) is 0 Å². The molecular formula is C8H5ClN4O2. The largest absolute Gasteiger partial charge is 0.476 e. The Morgan fingerprint density at radius 2 is 2.20 bits per heavy atom. The molecule has 0 atom stereocenters. The van der Waals surface area contributed by atoms with Crippen molar-refractivity contribution in [3.63, 3.8) is 0 Å². The van der Waals surface area contributed by atoms with E-state index >= 15 is 0 Å². The first-order chi connectivity index (χ1) is 7.18. The van der Waals surface area contributed by atoms with E-state index in [1.165, 1.54) is 0 Å². The highest BCUT2D eigenvalue weighted by Gasteiger charge is 2.16. The zero-order valence-corrected chi connectivity index (χ0v) is 8.09. The first-order valence-electron chi connectivity index (χ1n) is 3.96. The summed E-state index contributed by atoms with van der Waals surface area (Å²) in [5.41, 5.74) is -0.290. The molecule has 0 aromatic carbocycles. The van der Waals surface area contributed by atoms with Gasteiger partial charge in [0.05, 0.1) is 0 Å². The van der Waals surface area contributed by atoms with Gasteiger partial charge in [0, 0.05) is 6.20 Å². The van der Waals surface area contributed by atoms with Crippen molar-refractivity contribution in [1.82, 2.24) is 20.0 Å². The van der Waals surface area contributed by atoms with E-state index in [9.17, 15) is 4.79 Å². The minimum absolute atomic E-state index is 0.159. The second-order valence-electron chi connectivity index (χ2n) is 2.62. The van der Waals surface area contributed by atoms with Gasteiger partial charge in [0.25, 0.3) is 0 Å². The Labute approximate surface area is 89.1 Å². The summed E-state index contributed by atoms with van der Waals surface area (Å²) < 4.78 is 0. The third kappa shape index (κ3) is 1.79. The zero-order chi connectivity index (χ0) is 10.8. The standard InChI is InChI=1S/C8H5ClN4O2/c9-7-6(8(14)15)11-13(12-7)5-3-1-2-4-10-5/h1-4H,(H,14,15). The van der Waals surface area contributed by atoms with Crippen molar-refractivity contribution in [2.24, 2.45) is 0 Å². The Kier molecular flexibility index (Phi) is 2.34. The van der Waals surface area contributed by atoms with Crippen LogP contribution in [0.1, 0.15) is 10.5 Å². The van der Waals surface area contributed by atoms with Crippen LogP contribution in [0.5, 0.6) is 0 Å². The summed E-state index contributed by atoms with van der Waals surface area (Å²) in [5, 5.41) is 16.0. The number of aromatic carboxylic acids is 1. The van der Waals surface area contributed by atoms with E-state index in [2.05, 4.69) is 15.2 Å². The molecule has 76 valence electrons. The molecule has 2 aromatic rings. The second-order valence-corrected chi connectivity index (χ2v) is 2.98. The molecule has 15 heavy (non-hydrogen) atoms. The summed E-state index contributed by atoms with van der Waals surface area (Å²) in [5.74, 6) is -0.811. The summed E-state index contributed by atoms with van der Waals surface area (Å²) in [6.45, 7) is 0. The van der Waals surface area contributed by atoms with Gasteiger partial charge in [0.15, 0.2) is 11.0 Å². The molecule has 2 aromatic heterocycles. The van der Waals surface area contributed by atoms with Crippen molar-refractivity contribution in [3.8, 4) is 5.82 Å². The first kappa shape index (κ1) is 9.60. The number of hydrogen-bond donors (Lipinski definition) is 1. The Hall–Kier alpha value is -1.95. The fourth-order valence-corrected chi connectivity index (χ4v) is 1.18. The molecule has 0 aliphatic heterocycles. The number of pyridine rings is 1. The monoisotopic (exact) mass is 224 g/mol. The van der Waals surface area contributed by atoms with Crippen molar-refractivity contribution in [3.05, 3.63) is 35.2 Å². The third-order valence-corrected chi connectivity index (χ3v) is 1.88. The molecule has 0 radical (unpaired) electrons. The molecule has 0 saturated carbocycles. The van der Waals surface area contributed by atoms with Crippen LogP contribution < -0.4 is 0 Å². The highest BCUT2D eigenvalue weighted by Crippen LogP contribution is 2.11. The van der Waals surface area contributed by atoms with Crippen LogP contribution in [0, 0.1) is 0 Å². The number of hydrogen-bond acceptors (Lipinski definition) is 4. The minimum Gasteiger partial charge on any atom is -0.476 e. The molecule has 2 rings (SSSR count). The van der Waals surface area contributed by atoms with E-state index in [-0.39, 0.29) is 10.8 Å². The quantitative estimate of drug-likeness (QED) is 0.824. The predicted molar refractivity (Wildman–Crippen MR) is 51.1 cm³/mol. The number of aromatic nitrogens is 4. The second kappa shape index (κ2) is 3.66. The van der Waals surface area contributed by atoms with Crippen LogP contribution in [0.2, 0.25) is 5.15 Å². The molecule has 6 nitrogen and oxygen atoms in total. The minimum atomic E-state index is -1.22. The molecule has 0 aliphatic carbocycles. The van der Waals surface area contributed by atoms with Gasteiger partial charge in [-0.2, -0.15) is 0 Å². The molecule has 0 bridgehead atoms. The van der Waals surface area contributed by atoms with E-state index in [0.29, 0.717) is 5.82 Å². The van der Waals surface area contributed by atoms with Crippen molar-refractivity contribution >= 4 is 17.6 Å². The molecule has 0 aliphatic rings. The Bertz CT molecular complexity index is 497. The number of carboxylic acids is 1. The van der Waals surface area contributed by atoms with Crippen LogP contribution in [0.25, 0.3) is 5.82 Å². The smallest absolute Gasteiger partial charge is 0.359 e. The molecule has 7 heteroatoms. The zero-order valence-electron chi connectivity index (χ0n) is 7.33. The van der Waals surface area contributed by atoms with Gasteiger partial charge in [0.1, 0.15) is 0 Å². The van der Waals surface area contributed by atoms with Crippen molar-refractivity contribution in [2.75, 3.05) is 0 Å². The van der Waals surface area contributed by atoms with E-state index in [4.69, 9.17) is 16.7 Å². The molecule has 2 heterocycles. The topological polar surface area (TPSA) is 80.9 Å². The van der Waals surface area contributed by atoms with E-state index in [1.54, 1.807) is 24.4 Å². The predicted octanol–water partition coefficient (Wildman–Crippen LogP) is 1.01. The maximum absolute atomic E-state index is 10.6. The van der Waals surface area contributed by atoms with Crippen molar-refractivity contribution in [2.45, 2.75) is 0 Å². The fourth-order valence-electron chi connectivity index (χ4n) is 0.994. The normalized spacial score (nSPS) is 10.2. The van der Waals surface area contributed by atoms with Crippen LogP contribution in [-0.2, 0) is 0 Å². The molecule has 0 saturated heterocycles. The summed E-state index contributed by atoms with van der Waals surface area (Å²) in [6, 6.07) is 5.11. The molecule has 0 unspecified atom stereocenters. The first-order valence-corrected chi connectivity index (χ1v) is 4.34. The Morgan fingerprint density at radius 3 is 2.73 bits per heavy atom. The fraction of sp³-hybridized carbons (Fsp3) is 0. The Morgan fingerprint density at radius 1 is 1.40 bits per heavy atom. The lowest BCUT2D eigenvalue weighted by molar-refractivity contribution is 0.0690. The number of halogens is 1. The molecule has 0 spiro atoms. The van der Waals surface area contributed by atoms with Crippen LogP contribution in [-0.4, -0.2) is 31.1 Å². The van der Waals surface area contributed by atoms with Crippen LogP contribution in [0.15, 0.2) is 24.4 Å². The van der Waals surface area contributed by atoms with Crippen molar-refractivity contribution < 1.29 is 9.90 Å². The van der Waals surface area contributed by atoms with Gasteiger partial charge in [-0.1, -0.05) is 17.7 Å². The van der Waals surface area contributed by atoms with E-state index in [0.717, 1.165) is 4.80 Å². The van der Waals surface area contributed by atoms with E-state index < -0.39 is 5.97 Å². The SMILES string of the molecule is O=C(O)c1nn(-c2ccccn2)nc1Cl. The average molecular weight is 225 g/mol. The van der Waals surface area contributed by atoms with Gasteiger partial charge in [-0.15, -0.1) is 15.0 Å². The highest BCUT2D eigenvalue weighted by molar-refractivity contribution is 6.31. The average Bonchev–Trinajstić information content (AvgIpc) is 2.62. The third-order valence-electron chi connectivity index (χ3n) is 1.63. The van der Waals surface area contributed by atoms with Gasteiger partial charge in [0.2, 0.25) is 5.69 Å². The highest BCUT2D eigenvalue weighted by atomic mass is 35.5. The lowest BCUT2D eigenvalue weighted by Gasteiger charge is -1.94. The van der Waals surface area contributed by atoms with E-state index in [1.807, 2.05) is 0 Å². The number of carboxylic acid groups (broad SMARTS) is 1. The summed E-state index contributed by atoms with van der Waals surface area (Å²) in [6.07, 6.45) is 1.55. The van der Waals surface area contributed by atoms with Crippen molar-refractivity contribution in [1.29, 1.82) is 0 Å². The molecule has 0 amide bonds. The lowest BCUT2D eigenvalue weighted by atomic mass is 10.5. The molecule has 1 N–H and O–H groups in total. The van der Waals surface area contributed by atoms with Gasteiger partial charge in [-0.3, -0.25) is 0 Å². The number of rotatable bonds is 2. The van der Waals surface area contributed by atoms with Gasteiger partial charge in [-0.25, -0.2) is 9.78 Å². The van der Waals surface area contributed by atoms with Gasteiger partial charge in [-0.05, 0) is 12.1 Å². The molecule has 0 fully saturated rings. The van der Waals surface area contributed by atoms with Crippen LogP contribution >= 0.6 is 11.6 Å². The lowest BCUT2D eigenvalue weighted by Crippen LogP contribution is -2.03. The van der Waals surface area contributed by atoms with Gasteiger partial charge < -0.3 is 5.11 Å². The Balaban J connectivity index is 2.48. The van der Waals surface area contributed by atoms with Crippen LogP contribution in [0.3, 0.4) is 0 Å². The summed E-state index contributed by atoms with van der Waals surface area (Å²) in [4.78, 5) is 15.7. The number of nitrogens with zero attached hydrogens (tertiary/aromatic N) is 4.